The lowest BCUT2D eigenvalue weighted by atomic mass is 10.0. The summed E-state index contributed by atoms with van der Waals surface area (Å²) in [6.45, 7) is 6.79. The third-order valence-corrected chi connectivity index (χ3v) is 4.39. The van der Waals surface area contributed by atoms with Gasteiger partial charge >= 0.3 is 0 Å². The maximum Gasteiger partial charge on any atom is 0.233 e. The smallest absolute Gasteiger partial charge is 0.233 e. The predicted molar refractivity (Wildman–Crippen MR) is 100 cm³/mol. The highest BCUT2D eigenvalue weighted by molar-refractivity contribution is 5.78. The average molecular weight is 360 g/mol. The molecule has 0 aromatic heterocycles. The van der Waals surface area contributed by atoms with E-state index in [1.807, 2.05) is 0 Å². The molecule has 3 nitrogen and oxygen atoms in total. The molecule has 0 radical (unpaired) electrons. The normalized spacial score (nSPS) is 12.2. The SMILES string of the molecule is CC(C)c1ccc(CCNC(=O)CN[C@H](C)c2ccc(F)c(F)c2)cc1. The van der Waals surface area contributed by atoms with Crippen LogP contribution in [-0.2, 0) is 11.2 Å². The lowest BCUT2D eigenvalue weighted by Crippen LogP contribution is -2.36. The van der Waals surface area contributed by atoms with Crippen LogP contribution in [0.3, 0.4) is 0 Å². The van der Waals surface area contributed by atoms with E-state index in [0.29, 0.717) is 18.0 Å². The van der Waals surface area contributed by atoms with Gasteiger partial charge < -0.3 is 10.6 Å². The second kappa shape index (κ2) is 9.43. The van der Waals surface area contributed by atoms with E-state index >= 15 is 0 Å². The molecule has 26 heavy (non-hydrogen) atoms. The van der Waals surface area contributed by atoms with Crippen molar-refractivity contribution in [3.05, 3.63) is 70.8 Å². The number of carbonyl (C=O) groups is 1. The topological polar surface area (TPSA) is 41.1 Å². The zero-order valence-corrected chi connectivity index (χ0v) is 15.5. The van der Waals surface area contributed by atoms with Crippen LogP contribution in [0.4, 0.5) is 8.78 Å². The molecule has 1 atom stereocenters. The van der Waals surface area contributed by atoms with Crippen LogP contribution in [-0.4, -0.2) is 19.0 Å². The van der Waals surface area contributed by atoms with Crippen molar-refractivity contribution >= 4 is 5.91 Å². The maximum absolute atomic E-state index is 13.3. The van der Waals surface area contributed by atoms with Gasteiger partial charge in [-0.1, -0.05) is 44.2 Å². The van der Waals surface area contributed by atoms with E-state index < -0.39 is 11.6 Å². The van der Waals surface area contributed by atoms with Crippen LogP contribution in [0.2, 0.25) is 0 Å². The zero-order valence-electron chi connectivity index (χ0n) is 15.5. The minimum absolute atomic E-state index is 0.118. The molecule has 2 aromatic carbocycles. The van der Waals surface area contributed by atoms with E-state index in [1.54, 1.807) is 6.92 Å². The molecular formula is C21H26F2N2O. The van der Waals surface area contributed by atoms with Crippen molar-refractivity contribution in [2.24, 2.45) is 0 Å². The molecule has 0 aliphatic carbocycles. The Morgan fingerprint density at radius 1 is 0.962 bits per heavy atom. The van der Waals surface area contributed by atoms with Crippen LogP contribution in [0.5, 0.6) is 0 Å². The van der Waals surface area contributed by atoms with Crippen molar-refractivity contribution in [2.75, 3.05) is 13.1 Å². The van der Waals surface area contributed by atoms with E-state index in [-0.39, 0.29) is 18.5 Å². The summed E-state index contributed by atoms with van der Waals surface area (Å²) in [7, 11) is 0. The molecule has 0 bridgehead atoms. The standard InChI is InChI=1S/C21H26F2N2O/c1-14(2)17-6-4-16(5-7-17)10-11-24-21(26)13-25-15(3)18-8-9-19(22)20(23)12-18/h4-9,12,14-15,25H,10-11,13H2,1-3H3,(H,24,26)/t15-/m1/s1. The highest BCUT2D eigenvalue weighted by Crippen LogP contribution is 2.16. The van der Waals surface area contributed by atoms with Crippen molar-refractivity contribution in [3.8, 4) is 0 Å². The van der Waals surface area contributed by atoms with E-state index in [4.69, 9.17) is 0 Å². The highest BCUT2D eigenvalue weighted by atomic mass is 19.2. The van der Waals surface area contributed by atoms with E-state index in [9.17, 15) is 13.6 Å². The second-order valence-electron chi connectivity index (χ2n) is 6.77. The largest absolute Gasteiger partial charge is 0.355 e. The fourth-order valence-corrected chi connectivity index (χ4v) is 2.62. The Bertz CT molecular complexity index is 729. The highest BCUT2D eigenvalue weighted by Gasteiger charge is 2.10. The molecule has 0 aliphatic rings. The molecule has 0 saturated heterocycles. The Hall–Kier alpha value is -2.27. The second-order valence-corrected chi connectivity index (χ2v) is 6.77. The summed E-state index contributed by atoms with van der Waals surface area (Å²) < 4.78 is 26.2. The molecule has 0 aliphatic heterocycles. The van der Waals surface area contributed by atoms with Crippen LogP contribution in [0.25, 0.3) is 0 Å². The van der Waals surface area contributed by atoms with Crippen LogP contribution in [0.15, 0.2) is 42.5 Å². The van der Waals surface area contributed by atoms with E-state index in [1.165, 1.54) is 17.2 Å². The minimum Gasteiger partial charge on any atom is -0.355 e. The Balaban J connectivity index is 1.72. The first kappa shape index (κ1) is 20.0. The number of carbonyl (C=O) groups excluding carboxylic acids is 1. The van der Waals surface area contributed by atoms with Gasteiger partial charge in [-0.15, -0.1) is 0 Å². The van der Waals surface area contributed by atoms with Gasteiger partial charge in [-0.3, -0.25) is 4.79 Å². The summed E-state index contributed by atoms with van der Waals surface area (Å²) in [4.78, 5) is 11.9. The zero-order chi connectivity index (χ0) is 19.1. The summed E-state index contributed by atoms with van der Waals surface area (Å²) in [5.41, 5.74) is 3.08. The Morgan fingerprint density at radius 3 is 2.23 bits per heavy atom. The summed E-state index contributed by atoms with van der Waals surface area (Å²) >= 11 is 0. The molecule has 0 fully saturated rings. The van der Waals surface area contributed by atoms with Gasteiger partial charge in [0.2, 0.25) is 5.91 Å². The van der Waals surface area contributed by atoms with Gasteiger partial charge in [0.15, 0.2) is 11.6 Å². The number of benzene rings is 2. The number of halogens is 2. The quantitative estimate of drug-likeness (QED) is 0.744. The Labute approximate surface area is 153 Å². The van der Waals surface area contributed by atoms with Crippen LogP contribution >= 0.6 is 0 Å². The van der Waals surface area contributed by atoms with Crippen LogP contribution in [0.1, 0.15) is 49.4 Å². The van der Waals surface area contributed by atoms with Crippen molar-refractivity contribution in [1.29, 1.82) is 0 Å². The van der Waals surface area contributed by atoms with Gasteiger partial charge in [0, 0.05) is 12.6 Å². The van der Waals surface area contributed by atoms with Gasteiger partial charge in [0.25, 0.3) is 0 Å². The first-order valence-electron chi connectivity index (χ1n) is 8.90. The fourth-order valence-electron chi connectivity index (χ4n) is 2.62. The average Bonchev–Trinajstić information content (AvgIpc) is 2.62. The van der Waals surface area contributed by atoms with Crippen LogP contribution in [0, 0.1) is 11.6 Å². The number of nitrogens with one attached hydrogen (secondary N) is 2. The minimum atomic E-state index is -0.885. The first-order chi connectivity index (χ1) is 12.4. The maximum atomic E-state index is 13.3. The molecule has 2 rings (SSSR count). The molecule has 2 N–H and O–H groups in total. The van der Waals surface area contributed by atoms with Crippen molar-refractivity contribution in [3.63, 3.8) is 0 Å². The molecular weight excluding hydrogens is 334 g/mol. The lowest BCUT2D eigenvalue weighted by molar-refractivity contribution is -0.120. The summed E-state index contributed by atoms with van der Waals surface area (Å²) in [5, 5.41) is 5.87. The molecule has 140 valence electrons. The summed E-state index contributed by atoms with van der Waals surface area (Å²) in [6, 6.07) is 11.9. The number of hydrogen-bond acceptors (Lipinski definition) is 2. The van der Waals surface area contributed by atoms with Gasteiger partial charge in [0.1, 0.15) is 0 Å². The number of amides is 1. The Morgan fingerprint density at radius 2 is 1.62 bits per heavy atom. The third-order valence-electron chi connectivity index (χ3n) is 4.39. The van der Waals surface area contributed by atoms with Gasteiger partial charge in [-0.2, -0.15) is 0 Å². The molecule has 0 saturated carbocycles. The van der Waals surface area contributed by atoms with Gasteiger partial charge in [-0.25, -0.2) is 8.78 Å². The molecule has 0 heterocycles. The van der Waals surface area contributed by atoms with Crippen molar-refractivity contribution in [2.45, 2.75) is 39.2 Å². The van der Waals surface area contributed by atoms with Crippen LogP contribution < -0.4 is 10.6 Å². The third kappa shape index (κ3) is 5.92. The Kier molecular flexibility index (Phi) is 7.27. The van der Waals surface area contributed by atoms with Crippen molar-refractivity contribution < 1.29 is 13.6 Å². The summed E-state index contributed by atoms with van der Waals surface area (Å²) in [6.07, 6.45) is 0.767. The summed E-state index contributed by atoms with van der Waals surface area (Å²) in [5.74, 6) is -1.38. The molecule has 1 amide bonds. The van der Waals surface area contributed by atoms with Gasteiger partial charge in [0.05, 0.1) is 6.54 Å². The molecule has 2 aromatic rings. The number of hydrogen-bond donors (Lipinski definition) is 2. The van der Waals surface area contributed by atoms with Gasteiger partial charge in [-0.05, 0) is 48.1 Å². The monoisotopic (exact) mass is 360 g/mol. The molecule has 0 spiro atoms. The first-order valence-corrected chi connectivity index (χ1v) is 8.90. The molecule has 0 unspecified atom stereocenters. The van der Waals surface area contributed by atoms with E-state index in [2.05, 4.69) is 48.7 Å². The van der Waals surface area contributed by atoms with E-state index in [0.717, 1.165) is 18.6 Å². The molecule has 5 heteroatoms. The number of rotatable bonds is 8. The lowest BCUT2D eigenvalue weighted by Gasteiger charge is -2.14. The van der Waals surface area contributed by atoms with Crippen molar-refractivity contribution in [1.82, 2.24) is 10.6 Å². The predicted octanol–water partition coefficient (Wildman–Crippen LogP) is 4.10. The fraction of sp³-hybridized carbons (Fsp3) is 0.381.